The summed E-state index contributed by atoms with van der Waals surface area (Å²) in [4.78, 5) is 11.5. The summed E-state index contributed by atoms with van der Waals surface area (Å²) < 4.78 is 5.14. The number of carbonyl (C=O) groups excluding carboxylic acids is 1. The number of carbonyl (C=O) groups is 1. The van der Waals surface area contributed by atoms with Crippen LogP contribution in [0.5, 0.6) is 0 Å². The molecule has 0 fully saturated rings. The third-order valence-electron chi connectivity index (χ3n) is 2.56. The van der Waals surface area contributed by atoms with Gasteiger partial charge in [0.15, 0.2) is 0 Å². The van der Waals surface area contributed by atoms with E-state index in [-0.39, 0.29) is 18.0 Å². The Morgan fingerprint density at radius 3 is 2.44 bits per heavy atom. The van der Waals surface area contributed by atoms with Crippen LogP contribution >= 0.6 is 0 Å². The summed E-state index contributed by atoms with van der Waals surface area (Å²) >= 11 is 0. The average molecular weight is 220 g/mol. The Balaban J connectivity index is 2.62. The fraction of sp³-hybridized carbons (Fsp3) is 0.500. The molecule has 0 aliphatic carbocycles. The second-order valence-corrected chi connectivity index (χ2v) is 4.50. The van der Waals surface area contributed by atoms with E-state index < -0.39 is 0 Å². The van der Waals surface area contributed by atoms with Crippen molar-refractivity contribution in [3.8, 4) is 0 Å². The van der Waals surface area contributed by atoms with Gasteiger partial charge < -0.3 is 4.74 Å². The van der Waals surface area contributed by atoms with Gasteiger partial charge >= 0.3 is 5.97 Å². The Morgan fingerprint density at radius 2 is 1.88 bits per heavy atom. The second-order valence-electron chi connectivity index (χ2n) is 4.50. The molecule has 0 heterocycles. The summed E-state index contributed by atoms with van der Waals surface area (Å²) in [5.74, 6) is 0.0956. The molecule has 16 heavy (non-hydrogen) atoms. The number of aryl methyl sites for hydroxylation is 1. The summed E-state index contributed by atoms with van der Waals surface area (Å²) in [7, 11) is 0. The van der Waals surface area contributed by atoms with Crippen molar-refractivity contribution in [3.63, 3.8) is 0 Å². The lowest BCUT2D eigenvalue weighted by molar-refractivity contribution is -0.147. The molecule has 1 aromatic carbocycles. The zero-order chi connectivity index (χ0) is 12.1. The number of ether oxygens (including phenoxy) is 1. The van der Waals surface area contributed by atoms with E-state index in [9.17, 15) is 4.79 Å². The van der Waals surface area contributed by atoms with E-state index in [1.165, 1.54) is 11.1 Å². The summed E-state index contributed by atoms with van der Waals surface area (Å²) in [6.07, 6.45) is 0.417. The van der Waals surface area contributed by atoms with Crippen molar-refractivity contribution >= 4 is 5.97 Å². The van der Waals surface area contributed by atoms with Crippen molar-refractivity contribution in [3.05, 3.63) is 35.4 Å². The van der Waals surface area contributed by atoms with E-state index in [0.717, 1.165) is 0 Å². The maximum absolute atomic E-state index is 11.5. The first-order valence-corrected chi connectivity index (χ1v) is 5.75. The summed E-state index contributed by atoms with van der Waals surface area (Å²) in [5, 5.41) is 0. The third kappa shape index (κ3) is 3.69. The molecule has 2 nitrogen and oxygen atoms in total. The number of hydrogen-bond donors (Lipinski definition) is 0. The van der Waals surface area contributed by atoms with E-state index in [0.29, 0.717) is 6.42 Å². The van der Waals surface area contributed by atoms with Gasteiger partial charge in [0.25, 0.3) is 0 Å². The highest BCUT2D eigenvalue weighted by Gasteiger charge is 2.14. The van der Waals surface area contributed by atoms with Gasteiger partial charge in [-0.3, -0.25) is 4.79 Å². The molecular weight excluding hydrogens is 200 g/mol. The quantitative estimate of drug-likeness (QED) is 0.726. The largest absolute Gasteiger partial charge is 0.463 e. The standard InChI is InChI=1S/C14H20O2/c1-10(2)16-14(15)9-12(4)13-8-6-5-7-11(13)3/h5-8,10,12H,9H2,1-4H3. The lowest BCUT2D eigenvalue weighted by Crippen LogP contribution is -2.14. The smallest absolute Gasteiger partial charge is 0.306 e. The summed E-state index contributed by atoms with van der Waals surface area (Å²) in [6, 6.07) is 8.16. The van der Waals surface area contributed by atoms with E-state index in [1.807, 2.05) is 26.0 Å². The van der Waals surface area contributed by atoms with Crippen molar-refractivity contribution in [1.29, 1.82) is 0 Å². The summed E-state index contributed by atoms with van der Waals surface area (Å²) in [5.41, 5.74) is 2.45. The zero-order valence-electron chi connectivity index (χ0n) is 10.5. The van der Waals surface area contributed by atoms with Crippen molar-refractivity contribution in [2.24, 2.45) is 0 Å². The zero-order valence-corrected chi connectivity index (χ0v) is 10.5. The molecule has 0 N–H and O–H groups in total. The van der Waals surface area contributed by atoms with Gasteiger partial charge in [0.1, 0.15) is 0 Å². The normalized spacial score (nSPS) is 12.6. The Morgan fingerprint density at radius 1 is 1.25 bits per heavy atom. The second kappa shape index (κ2) is 5.69. The van der Waals surface area contributed by atoms with Gasteiger partial charge in [0.05, 0.1) is 12.5 Å². The van der Waals surface area contributed by atoms with Crippen LogP contribution in [0.1, 0.15) is 44.2 Å². The van der Waals surface area contributed by atoms with Crippen LogP contribution in [0.4, 0.5) is 0 Å². The van der Waals surface area contributed by atoms with Crippen LogP contribution in [0.3, 0.4) is 0 Å². The molecule has 0 saturated heterocycles. The van der Waals surface area contributed by atoms with Gasteiger partial charge in [-0.25, -0.2) is 0 Å². The predicted octanol–water partition coefficient (Wildman–Crippen LogP) is 3.44. The Bertz CT molecular complexity index is 356. The molecule has 0 bridgehead atoms. The fourth-order valence-corrected chi connectivity index (χ4v) is 1.81. The van der Waals surface area contributed by atoms with E-state index in [2.05, 4.69) is 26.0 Å². The number of rotatable bonds is 4. The fourth-order valence-electron chi connectivity index (χ4n) is 1.81. The van der Waals surface area contributed by atoms with Crippen molar-refractivity contribution in [2.45, 2.75) is 46.1 Å². The van der Waals surface area contributed by atoms with Crippen LogP contribution in [0, 0.1) is 6.92 Å². The minimum atomic E-state index is -0.120. The van der Waals surface area contributed by atoms with Crippen molar-refractivity contribution in [1.82, 2.24) is 0 Å². The molecule has 0 aliphatic heterocycles. The highest BCUT2D eigenvalue weighted by Crippen LogP contribution is 2.22. The molecule has 1 rings (SSSR count). The molecular formula is C14H20O2. The highest BCUT2D eigenvalue weighted by molar-refractivity contribution is 5.70. The Labute approximate surface area is 97.6 Å². The van der Waals surface area contributed by atoms with Crippen LogP contribution < -0.4 is 0 Å². The number of esters is 1. The maximum Gasteiger partial charge on any atom is 0.306 e. The van der Waals surface area contributed by atoms with Gasteiger partial charge in [0.2, 0.25) is 0 Å². The van der Waals surface area contributed by atoms with Crippen LogP contribution in [0.15, 0.2) is 24.3 Å². The monoisotopic (exact) mass is 220 g/mol. The van der Waals surface area contributed by atoms with Crippen molar-refractivity contribution in [2.75, 3.05) is 0 Å². The van der Waals surface area contributed by atoms with Crippen LogP contribution in [-0.2, 0) is 9.53 Å². The van der Waals surface area contributed by atoms with Gasteiger partial charge in [0, 0.05) is 0 Å². The molecule has 0 saturated carbocycles. The molecule has 0 spiro atoms. The maximum atomic E-state index is 11.5. The third-order valence-corrected chi connectivity index (χ3v) is 2.56. The van der Waals surface area contributed by atoms with E-state index in [4.69, 9.17) is 4.74 Å². The molecule has 2 heteroatoms. The van der Waals surface area contributed by atoms with Gasteiger partial charge in [-0.05, 0) is 37.8 Å². The summed E-state index contributed by atoms with van der Waals surface area (Å²) in [6.45, 7) is 7.87. The predicted molar refractivity (Wildman–Crippen MR) is 65.4 cm³/mol. The molecule has 88 valence electrons. The van der Waals surface area contributed by atoms with Gasteiger partial charge in [-0.15, -0.1) is 0 Å². The molecule has 0 aliphatic rings. The Kier molecular flexibility index (Phi) is 4.53. The van der Waals surface area contributed by atoms with Gasteiger partial charge in [-0.1, -0.05) is 31.2 Å². The molecule has 0 amide bonds. The minimum absolute atomic E-state index is 0.0310. The Hall–Kier alpha value is -1.31. The average Bonchev–Trinajstić information content (AvgIpc) is 2.16. The molecule has 1 aromatic rings. The SMILES string of the molecule is Cc1ccccc1C(C)CC(=O)OC(C)C. The first-order valence-electron chi connectivity index (χ1n) is 5.75. The van der Waals surface area contributed by atoms with E-state index in [1.54, 1.807) is 0 Å². The first-order chi connectivity index (χ1) is 7.50. The highest BCUT2D eigenvalue weighted by atomic mass is 16.5. The van der Waals surface area contributed by atoms with Crippen LogP contribution in [-0.4, -0.2) is 12.1 Å². The molecule has 1 atom stereocenters. The molecule has 1 unspecified atom stereocenters. The number of hydrogen-bond acceptors (Lipinski definition) is 2. The molecule has 0 radical (unpaired) electrons. The number of benzene rings is 1. The lowest BCUT2D eigenvalue weighted by Gasteiger charge is -2.15. The van der Waals surface area contributed by atoms with Gasteiger partial charge in [-0.2, -0.15) is 0 Å². The van der Waals surface area contributed by atoms with Crippen LogP contribution in [0.2, 0.25) is 0 Å². The van der Waals surface area contributed by atoms with Crippen molar-refractivity contribution < 1.29 is 9.53 Å². The lowest BCUT2D eigenvalue weighted by atomic mass is 9.94. The minimum Gasteiger partial charge on any atom is -0.463 e. The van der Waals surface area contributed by atoms with Crippen LogP contribution in [0.25, 0.3) is 0 Å². The van der Waals surface area contributed by atoms with E-state index >= 15 is 0 Å². The first kappa shape index (κ1) is 12.8. The molecule has 0 aromatic heterocycles. The topological polar surface area (TPSA) is 26.3 Å².